The van der Waals surface area contributed by atoms with Gasteiger partial charge in [-0.2, -0.15) is 10.5 Å². The van der Waals surface area contributed by atoms with Crippen molar-refractivity contribution in [3.63, 3.8) is 0 Å². The molecule has 3 heteroatoms. The number of hydrogen-bond donors (Lipinski definition) is 0. The second kappa shape index (κ2) is 9.94. The van der Waals surface area contributed by atoms with Gasteiger partial charge in [0.15, 0.2) is 0 Å². The first-order valence-corrected chi connectivity index (χ1v) is 10.4. The summed E-state index contributed by atoms with van der Waals surface area (Å²) in [5, 5.41) is 18.5. The first kappa shape index (κ1) is 20.7. The summed E-state index contributed by atoms with van der Waals surface area (Å²) in [6.07, 6.45) is 2.26. The summed E-state index contributed by atoms with van der Waals surface area (Å²) < 4.78 is 0. The number of benzene rings is 4. The molecule has 0 atom stereocenters. The second-order valence-electron chi connectivity index (χ2n) is 7.30. The Balaban J connectivity index is 1.65. The second-order valence-corrected chi connectivity index (χ2v) is 7.30. The van der Waals surface area contributed by atoms with Crippen molar-refractivity contribution in [2.45, 2.75) is 6.42 Å². The third-order valence-corrected chi connectivity index (χ3v) is 5.16. The number of para-hydroxylation sites is 2. The fourth-order valence-electron chi connectivity index (χ4n) is 3.56. The first-order valence-electron chi connectivity index (χ1n) is 10.4. The highest BCUT2D eigenvalue weighted by Crippen LogP contribution is 2.34. The van der Waals surface area contributed by atoms with Crippen molar-refractivity contribution in [1.82, 2.24) is 0 Å². The summed E-state index contributed by atoms with van der Waals surface area (Å²) in [6, 6.07) is 40.7. The number of nitrogens with zero attached hydrogens (tertiary/aromatic N) is 3. The zero-order chi connectivity index (χ0) is 22.2. The molecule has 0 amide bonds. The lowest BCUT2D eigenvalue weighted by atomic mass is 10.0. The molecule has 0 heterocycles. The van der Waals surface area contributed by atoms with Gasteiger partial charge in [-0.05, 0) is 59.2 Å². The molecule has 0 N–H and O–H groups in total. The van der Waals surface area contributed by atoms with Gasteiger partial charge >= 0.3 is 0 Å². The van der Waals surface area contributed by atoms with E-state index in [1.54, 1.807) is 0 Å². The Kier molecular flexibility index (Phi) is 6.42. The highest BCUT2D eigenvalue weighted by Gasteiger charge is 2.11. The number of hydrogen-bond acceptors (Lipinski definition) is 3. The average molecular weight is 412 g/mol. The molecule has 0 radical (unpaired) electrons. The topological polar surface area (TPSA) is 50.8 Å². The molecule has 0 fully saturated rings. The monoisotopic (exact) mass is 411 g/mol. The van der Waals surface area contributed by atoms with Gasteiger partial charge in [-0.25, -0.2) is 0 Å². The number of anilines is 3. The van der Waals surface area contributed by atoms with Crippen LogP contribution in [-0.2, 0) is 6.42 Å². The maximum atomic E-state index is 9.67. The molecule has 0 unspecified atom stereocenters. The molecule has 0 aliphatic carbocycles. The van der Waals surface area contributed by atoms with E-state index < -0.39 is 0 Å². The van der Waals surface area contributed by atoms with E-state index in [4.69, 9.17) is 5.26 Å². The molecule has 0 bridgehead atoms. The molecule has 32 heavy (non-hydrogen) atoms. The lowest BCUT2D eigenvalue weighted by molar-refractivity contribution is 1.26. The molecule has 4 aromatic rings. The molecule has 4 rings (SSSR count). The largest absolute Gasteiger partial charge is 0.311 e. The standard InChI is InChI=1S/C29H21N3/c30-20-19-23-11-15-25(16-12-23)26(22-31)21-24-13-17-29(18-14-24)32(27-7-3-1-4-8-27)28-9-5-2-6-10-28/h1-18,21H,19H2/b26-21+. The first-order chi connectivity index (χ1) is 15.8. The van der Waals surface area contributed by atoms with Gasteiger partial charge in [0.1, 0.15) is 0 Å². The maximum Gasteiger partial charge on any atom is 0.0998 e. The van der Waals surface area contributed by atoms with Gasteiger partial charge in [0, 0.05) is 17.1 Å². The molecule has 0 aromatic heterocycles. The summed E-state index contributed by atoms with van der Waals surface area (Å²) in [6.45, 7) is 0. The lowest BCUT2D eigenvalue weighted by Crippen LogP contribution is -2.09. The number of rotatable bonds is 6. The van der Waals surface area contributed by atoms with Crippen LogP contribution in [-0.4, -0.2) is 0 Å². The van der Waals surface area contributed by atoms with Crippen molar-refractivity contribution in [2.75, 3.05) is 4.90 Å². The van der Waals surface area contributed by atoms with Crippen molar-refractivity contribution < 1.29 is 0 Å². The van der Waals surface area contributed by atoms with Gasteiger partial charge in [-0.1, -0.05) is 72.8 Å². The highest BCUT2D eigenvalue weighted by molar-refractivity contribution is 5.90. The third kappa shape index (κ3) is 4.75. The van der Waals surface area contributed by atoms with Crippen LogP contribution < -0.4 is 4.90 Å². The summed E-state index contributed by atoms with van der Waals surface area (Å²) in [4.78, 5) is 2.20. The quantitative estimate of drug-likeness (QED) is 0.247. The summed E-state index contributed by atoms with van der Waals surface area (Å²) >= 11 is 0. The molecule has 4 aromatic carbocycles. The van der Waals surface area contributed by atoms with Gasteiger partial charge in [-0.15, -0.1) is 0 Å². The van der Waals surface area contributed by atoms with Crippen molar-refractivity contribution in [1.29, 1.82) is 10.5 Å². The average Bonchev–Trinajstić information content (AvgIpc) is 2.86. The lowest BCUT2D eigenvalue weighted by Gasteiger charge is -2.25. The van der Waals surface area contributed by atoms with Gasteiger partial charge in [0.2, 0.25) is 0 Å². The summed E-state index contributed by atoms with van der Waals surface area (Å²) in [7, 11) is 0. The van der Waals surface area contributed by atoms with Crippen LogP contribution in [0.5, 0.6) is 0 Å². The fraction of sp³-hybridized carbons (Fsp3) is 0.0345. The van der Waals surface area contributed by atoms with Crippen LogP contribution in [0.1, 0.15) is 16.7 Å². The summed E-state index contributed by atoms with van der Waals surface area (Å²) in [5.41, 5.74) is 6.53. The molecular formula is C29H21N3. The Labute approximate surface area is 188 Å². The van der Waals surface area contributed by atoms with E-state index in [2.05, 4.69) is 53.4 Å². The minimum atomic E-state index is 0.368. The summed E-state index contributed by atoms with van der Waals surface area (Å²) in [5.74, 6) is 0. The Bertz CT molecular complexity index is 1240. The third-order valence-electron chi connectivity index (χ3n) is 5.16. The van der Waals surface area contributed by atoms with Crippen molar-refractivity contribution in [3.05, 3.63) is 126 Å². The Morgan fingerprint density at radius 1 is 0.656 bits per heavy atom. The van der Waals surface area contributed by atoms with E-state index >= 15 is 0 Å². The minimum Gasteiger partial charge on any atom is -0.311 e. The molecule has 0 aliphatic rings. The van der Waals surface area contributed by atoms with Crippen molar-refractivity contribution in [3.8, 4) is 12.1 Å². The van der Waals surface area contributed by atoms with Crippen molar-refractivity contribution in [2.24, 2.45) is 0 Å². The Morgan fingerprint density at radius 2 is 1.19 bits per heavy atom. The molecule has 0 aliphatic heterocycles. The van der Waals surface area contributed by atoms with Crippen LogP contribution in [0, 0.1) is 22.7 Å². The zero-order valence-corrected chi connectivity index (χ0v) is 17.5. The fourth-order valence-corrected chi connectivity index (χ4v) is 3.56. The van der Waals surface area contributed by atoms with Crippen LogP contribution in [0.2, 0.25) is 0 Å². The van der Waals surface area contributed by atoms with Gasteiger partial charge in [-0.3, -0.25) is 0 Å². The van der Waals surface area contributed by atoms with E-state index in [0.717, 1.165) is 33.8 Å². The normalized spacial score (nSPS) is 10.8. The predicted molar refractivity (Wildman–Crippen MR) is 130 cm³/mol. The molecule has 0 saturated heterocycles. The Hall–Kier alpha value is -4.60. The van der Waals surface area contributed by atoms with Gasteiger partial charge < -0.3 is 4.90 Å². The number of nitriles is 2. The SMILES string of the molecule is N#CCc1ccc(/C(C#N)=C/c2ccc(N(c3ccccc3)c3ccccc3)cc2)cc1. The van der Waals surface area contributed by atoms with Gasteiger partial charge in [0.25, 0.3) is 0 Å². The van der Waals surface area contributed by atoms with E-state index in [0.29, 0.717) is 12.0 Å². The van der Waals surface area contributed by atoms with E-state index in [-0.39, 0.29) is 0 Å². The van der Waals surface area contributed by atoms with Crippen molar-refractivity contribution >= 4 is 28.7 Å². The van der Waals surface area contributed by atoms with Crippen LogP contribution >= 0.6 is 0 Å². The van der Waals surface area contributed by atoms with Crippen LogP contribution in [0.3, 0.4) is 0 Å². The van der Waals surface area contributed by atoms with Crippen LogP contribution in [0.25, 0.3) is 11.6 Å². The zero-order valence-electron chi connectivity index (χ0n) is 17.5. The predicted octanol–water partition coefficient (Wildman–Crippen LogP) is 7.29. The molecule has 0 saturated carbocycles. The maximum absolute atomic E-state index is 9.67. The molecule has 0 spiro atoms. The van der Waals surface area contributed by atoms with E-state index in [1.165, 1.54) is 0 Å². The smallest absolute Gasteiger partial charge is 0.0998 e. The minimum absolute atomic E-state index is 0.368. The van der Waals surface area contributed by atoms with Crippen LogP contribution in [0.15, 0.2) is 109 Å². The van der Waals surface area contributed by atoms with Gasteiger partial charge in [0.05, 0.1) is 24.1 Å². The molecular weight excluding hydrogens is 390 g/mol. The number of allylic oxidation sites excluding steroid dienone is 1. The van der Waals surface area contributed by atoms with E-state index in [1.807, 2.05) is 78.9 Å². The highest BCUT2D eigenvalue weighted by atomic mass is 15.1. The van der Waals surface area contributed by atoms with E-state index in [9.17, 15) is 5.26 Å². The molecule has 152 valence electrons. The Morgan fingerprint density at radius 3 is 1.69 bits per heavy atom. The molecule has 3 nitrogen and oxygen atoms in total. The van der Waals surface area contributed by atoms with Crippen LogP contribution in [0.4, 0.5) is 17.1 Å².